The number of fused-ring (bicyclic) bond motifs is 3. The predicted octanol–water partition coefficient (Wildman–Crippen LogP) is 9.15. The summed E-state index contributed by atoms with van der Waals surface area (Å²) in [5, 5.41) is 11.6. The number of ether oxygens (including phenoxy) is 3. The van der Waals surface area contributed by atoms with Crippen molar-refractivity contribution in [3.63, 3.8) is 0 Å². The quantitative estimate of drug-likeness (QED) is 0.0854. The molecule has 2 aromatic carbocycles. The van der Waals surface area contributed by atoms with Gasteiger partial charge in [0.25, 0.3) is 0 Å². The van der Waals surface area contributed by atoms with Gasteiger partial charge >= 0.3 is 6.01 Å². The van der Waals surface area contributed by atoms with Gasteiger partial charge in [-0.25, -0.2) is 18.2 Å². The average molecular weight is 818 g/mol. The minimum absolute atomic E-state index is 0.00963. The van der Waals surface area contributed by atoms with Gasteiger partial charge in [0.15, 0.2) is 12.6 Å². The number of nitrogens with zero attached hydrogens (tertiary/aromatic N) is 5. The number of anilines is 1. The van der Waals surface area contributed by atoms with Gasteiger partial charge in [0.1, 0.15) is 49.4 Å². The smallest absolute Gasteiger partial charge is 0.319 e. The molecule has 3 fully saturated rings. The standard InChI is InChI=1S/C45H58F3N5O4Si/c1-27(2)58(28(3)4,29(5)6)18-14-35-37(47)13-12-32-19-34(57-26-55-8)20-36(39(32)35)41-40(48)42-38(30(7)49-41)43(52-16-9-11-31(22-52)24-54)51-44(50-42)56-25-45-15-10-17-53(45)23-33(46)21-45/h12-13,19-20,27-29,31,33,54H,9-11,15-17,21-26H2,1-8H3/t31?,33-,45+/m1/s1. The fourth-order valence-corrected chi connectivity index (χ4v) is 15.6. The lowest BCUT2D eigenvalue weighted by Gasteiger charge is -2.38. The first-order valence-corrected chi connectivity index (χ1v) is 23.1. The lowest BCUT2D eigenvalue weighted by molar-refractivity contribution is 0.0512. The number of halogens is 3. The van der Waals surface area contributed by atoms with Crippen molar-refractivity contribution in [2.24, 2.45) is 5.92 Å². The van der Waals surface area contributed by atoms with E-state index in [-0.39, 0.29) is 48.7 Å². The topological polar surface area (TPSA) is 93.1 Å². The summed E-state index contributed by atoms with van der Waals surface area (Å²) in [7, 11) is -0.788. The molecule has 0 radical (unpaired) electrons. The summed E-state index contributed by atoms with van der Waals surface area (Å²) in [4.78, 5) is 18.8. The Hall–Kier alpha value is -3.96. The highest BCUT2D eigenvalue weighted by molar-refractivity contribution is 6.90. The van der Waals surface area contributed by atoms with Gasteiger partial charge in [-0.15, -0.1) is 5.54 Å². The van der Waals surface area contributed by atoms with E-state index in [2.05, 4.69) is 57.9 Å². The number of aromatic nitrogens is 3. The maximum Gasteiger partial charge on any atom is 0.319 e. The Balaban J connectivity index is 1.46. The second-order valence-electron chi connectivity index (χ2n) is 17.6. The molecule has 0 amide bonds. The molecule has 0 spiro atoms. The number of aliphatic hydroxyl groups is 1. The van der Waals surface area contributed by atoms with E-state index < -0.39 is 31.4 Å². The summed E-state index contributed by atoms with van der Waals surface area (Å²) < 4.78 is 66.3. The number of hydrogen-bond donors (Lipinski definition) is 1. The molecule has 3 saturated heterocycles. The molecule has 0 aliphatic carbocycles. The van der Waals surface area contributed by atoms with Gasteiger partial charge in [-0.2, -0.15) is 9.97 Å². The van der Waals surface area contributed by atoms with Gasteiger partial charge < -0.3 is 24.2 Å². The molecule has 4 aromatic rings. The van der Waals surface area contributed by atoms with E-state index in [1.165, 1.54) is 13.2 Å². The molecular formula is C45H58F3N5O4Si. The van der Waals surface area contributed by atoms with Crippen LogP contribution in [0.5, 0.6) is 11.8 Å². The monoisotopic (exact) mass is 817 g/mol. The van der Waals surface area contributed by atoms with Crippen molar-refractivity contribution < 1.29 is 32.5 Å². The number of piperidine rings is 1. The Kier molecular flexibility index (Phi) is 12.3. The third-order valence-electron chi connectivity index (χ3n) is 13.1. The van der Waals surface area contributed by atoms with Gasteiger partial charge in [-0.3, -0.25) is 4.90 Å². The second-order valence-corrected chi connectivity index (χ2v) is 23.2. The maximum absolute atomic E-state index is 17.7. The van der Waals surface area contributed by atoms with Crippen LogP contribution in [0.15, 0.2) is 24.3 Å². The fraction of sp³-hybridized carbons (Fsp3) is 0.578. The van der Waals surface area contributed by atoms with Crippen molar-refractivity contribution in [1.82, 2.24) is 19.9 Å². The second kappa shape index (κ2) is 17.0. The zero-order valence-electron chi connectivity index (χ0n) is 35.2. The van der Waals surface area contributed by atoms with Crippen LogP contribution in [0.25, 0.3) is 32.9 Å². The molecule has 1 unspecified atom stereocenters. The molecule has 0 bridgehead atoms. The third-order valence-corrected chi connectivity index (χ3v) is 19.4. The average Bonchev–Trinajstić information content (AvgIpc) is 3.73. The van der Waals surface area contributed by atoms with Crippen molar-refractivity contribution in [3.05, 3.63) is 47.2 Å². The number of rotatable bonds is 12. The van der Waals surface area contributed by atoms with Crippen LogP contribution < -0.4 is 14.4 Å². The number of aliphatic hydroxyl groups excluding tert-OH is 1. The Morgan fingerprint density at radius 2 is 1.72 bits per heavy atom. The Morgan fingerprint density at radius 1 is 0.966 bits per heavy atom. The first-order valence-electron chi connectivity index (χ1n) is 20.9. The minimum Gasteiger partial charge on any atom is -0.468 e. The molecule has 13 heteroatoms. The van der Waals surface area contributed by atoms with Crippen molar-refractivity contribution in [1.29, 1.82) is 0 Å². The zero-order chi connectivity index (χ0) is 41.5. The van der Waals surface area contributed by atoms with Crippen LogP contribution in [0.2, 0.25) is 16.6 Å². The van der Waals surface area contributed by atoms with Crippen LogP contribution >= 0.6 is 0 Å². The highest BCUT2D eigenvalue weighted by Gasteiger charge is 2.49. The van der Waals surface area contributed by atoms with Gasteiger partial charge in [0, 0.05) is 50.7 Å². The normalized spacial score (nSPS) is 21.4. The van der Waals surface area contributed by atoms with Crippen LogP contribution in [0.1, 0.15) is 84.9 Å². The molecule has 312 valence electrons. The van der Waals surface area contributed by atoms with E-state index in [1.807, 2.05) is 4.90 Å². The highest BCUT2D eigenvalue weighted by Crippen LogP contribution is 2.44. The number of aryl methyl sites for hydroxylation is 1. The predicted molar refractivity (Wildman–Crippen MR) is 226 cm³/mol. The molecule has 58 heavy (non-hydrogen) atoms. The number of alkyl halides is 1. The summed E-state index contributed by atoms with van der Waals surface area (Å²) in [5.74, 6) is 2.99. The summed E-state index contributed by atoms with van der Waals surface area (Å²) >= 11 is 0. The SMILES string of the molecule is COCOc1cc(-c2nc(C)c3c(N4CCCC(CO)C4)nc(OC[C@@]45CCCN4C[C@H](F)C5)nc3c2F)c2c(C#C[Si](C(C)C)(C(C)C)C(C)C)c(F)ccc2c1. The van der Waals surface area contributed by atoms with Gasteiger partial charge in [0.2, 0.25) is 0 Å². The largest absolute Gasteiger partial charge is 0.468 e. The van der Waals surface area contributed by atoms with Gasteiger partial charge in [-0.05, 0) is 85.3 Å². The van der Waals surface area contributed by atoms with Crippen LogP contribution in [0.3, 0.4) is 0 Å². The van der Waals surface area contributed by atoms with Gasteiger partial charge in [-0.1, -0.05) is 53.5 Å². The van der Waals surface area contributed by atoms with E-state index in [9.17, 15) is 9.50 Å². The third kappa shape index (κ3) is 7.66. The molecule has 1 N–H and O–H groups in total. The lowest BCUT2D eigenvalue weighted by atomic mass is 9.95. The van der Waals surface area contributed by atoms with Crippen molar-refractivity contribution in [2.45, 2.75) is 109 Å². The fourth-order valence-electron chi connectivity index (χ4n) is 10.4. The van der Waals surface area contributed by atoms with Crippen LogP contribution in [-0.2, 0) is 4.74 Å². The van der Waals surface area contributed by atoms with E-state index in [0.29, 0.717) is 81.7 Å². The molecule has 3 aliphatic rings. The first-order chi connectivity index (χ1) is 27.7. The Labute approximate surface area is 341 Å². The van der Waals surface area contributed by atoms with Crippen molar-refractivity contribution in [3.8, 4) is 34.5 Å². The van der Waals surface area contributed by atoms with E-state index >= 15 is 8.78 Å². The lowest BCUT2D eigenvalue weighted by Crippen LogP contribution is -2.43. The van der Waals surface area contributed by atoms with E-state index in [0.717, 1.165) is 32.2 Å². The molecule has 9 nitrogen and oxygen atoms in total. The Morgan fingerprint density at radius 3 is 2.43 bits per heavy atom. The van der Waals surface area contributed by atoms with Gasteiger partial charge in [0.05, 0.1) is 22.2 Å². The Bertz CT molecular complexity index is 2210. The molecule has 3 aliphatic heterocycles. The molecule has 2 aromatic heterocycles. The maximum atomic E-state index is 17.7. The first kappa shape index (κ1) is 42.2. The molecule has 7 rings (SSSR count). The number of benzene rings is 2. The van der Waals surface area contributed by atoms with Crippen LogP contribution in [0, 0.1) is 35.9 Å². The molecule has 0 saturated carbocycles. The van der Waals surface area contributed by atoms with E-state index in [1.54, 1.807) is 25.1 Å². The molecular weight excluding hydrogens is 760 g/mol. The van der Waals surface area contributed by atoms with Crippen LogP contribution in [0.4, 0.5) is 19.0 Å². The van der Waals surface area contributed by atoms with E-state index in [4.69, 9.17) is 29.2 Å². The van der Waals surface area contributed by atoms with Crippen molar-refractivity contribution in [2.75, 3.05) is 58.2 Å². The minimum atomic E-state index is -2.30. The zero-order valence-corrected chi connectivity index (χ0v) is 36.2. The number of pyridine rings is 1. The summed E-state index contributed by atoms with van der Waals surface area (Å²) in [6.45, 7) is 17.5. The summed E-state index contributed by atoms with van der Waals surface area (Å²) in [6, 6.07) is 6.49. The molecule has 5 heterocycles. The van der Waals surface area contributed by atoms with Crippen LogP contribution in [-0.4, -0.2) is 98.0 Å². The highest BCUT2D eigenvalue weighted by atomic mass is 28.3. The number of methoxy groups -OCH3 is 1. The number of hydrogen-bond acceptors (Lipinski definition) is 9. The molecule has 3 atom stereocenters. The van der Waals surface area contributed by atoms with Crippen molar-refractivity contribution >= 4 is 35.6 Å². The summed E-state index contributed by atoms with van der Waals surface area (Å²) in [5.41, 5.74) is 5.09. The summed E-state index contributed by atoms with van der Waals surface area (Å²) in [6.07, 6.45) is 2.86.